The van der Waals surface area contributed by atoms with E-state index in [9.17, 15) is 9.59 Å². The lowest BCUT2D eigenvalue weighted by molar-refractivity contribution is -0.151. The molecule has 0 aliphatic carbocycles. The van der Waals surface area contributed by atoms with E-state index in [0.717, 1.165) is 5.56 Å². The number of thioether (sulfide) groups is 1. The Balaban J connectivity index is 2.14. The van der Waals surface area contributed by atoms with Crippen LogP contribution in [0.25, 0.3) is 16.6 Å². The Morgan fingerprint density at radius 2 is 1.90 bits per heavy atom. The highest BCUT2D eigenvalue weighted by Gasteiger charge is 2.20. The van der Waals surface area contributed by atoms with Gasteiger partial charge in [-0.15, -0.1) is 0 Å². The van der Waals surface area contributed by atoms with Crippen LogP contribution in [0.1, 0.15) is 26.3 Å². The number of aromatic nitrogens is 2. The van der Waals surface area contributed by atoms with Gasteiger partial charge in [0.05, 0.1) is 29.5 Å². The number of methoxy groups -OCH3 is 1. The molecule has 0 spiro atoms. The zero-order chi connectivity index (χ0) is 21.2. The van der Waals surface area contributed by atoms with Crippen LogP contribution >= 0.6 is 11.8 Å². The van der Waals surface area contributed by atoms with Crippen LogP contribution in [-0.2, 0) is 9.53 Å². The molecule has 3 rings (SSSR count). The van der Waals surface area contributed by atoms with Crippen LogP contribution in [0.15, 0.2) is 52.4 Å². The number of esters is 1. The first-order chi connectivity index (χ1) is 13.7. The molecule has 6 nitrogen and oxygen atoms in total. The maximum absolute atomic E-state index is 13.3. The molecule has 3 aromatic rings. The Kier molecular flexibility index (Phi) is 5.98. The summed E-state index contributed by atoms with van der Waals surface area (Å²) in [6, 6.07) is 12.8. The molecular formula is C22H24N2O4S. The number of nitrogens with zero attached hydrogens (tertiary/aromatic N) is 2. The van der Waals surface area contributed by atoms with E-state index in [1.807, 2.05) is 52.0 Å². The summed E-state index contributed by atoms with van der Waals surface area (Å²) in [6.45, 7) is 7.39. The average Bonchev–Trinajstić information content (AvgIpc) is 2.65. The summed E-state index contributed by atoms with van der Waals surface area (Å²) >= 11 is 1.17. The first-order valence-corrected chi connectivity index (χ1v) is 10.2. The molecule has 0 aliphatic rings. The van der Waals surface area contributed by atoms with E-state index in [4.69, 9.17) is 9.47 Å². The third-order valence-corrected chi connectivity index (χ3v) is 4.97. The molecule has 2 aromatic carbocycles. The van der Waals surface area contributed by atoms with Crippen LogP contribution in [0.3, 0.4) is 0 Å². The SMILES string of the molecule is COc1ccc(C)cc1-n1c(SCC(=O)OC(C)(C)C)nc2ccccc2c1=O. The monoisotopic (exact) mass is 412 g/mol. The van der Waals surface area contributed by atoms with Crippen molar-refractivity contribution in [3.05, 3.63) is 58.4 Å². The highest BCUT2D eigenvalue weighted by atomic mass is 32.2. The van der Waals surface area contributed by atoms with Crippen molar-refractivity contribution in [2.45, 2.75) is 38.5 Å². The second kappa shape index (κ2) is 8.29. The highest BCUT2D eigenvalue weighted by Crippen LogP contribution is 2.28. The summed E-state index contributed by atoms with van der Waals surface area (Å²) in [5, 5.41) is 0.904. The molecule has 1 heterocycles. The van der Waals surface area contributed by atoms with Crippen molar-refractivity contribution in [1.82, 2.24) is 9.55 Å². The minimum absolute atomic E-state index is 0.0379. The van der Waals surface area contributed by atoms with Crippen LogP contribution < -0.4 is 10.3 Å². The topological polar surface area (TPSA) is 70.4 Å². The van der Waals surface area contributed by atoms with Gasteiger partial charge in [0.1, 0.15) is 11.4 Å². The quantitative estimate of drug-likeness (QED) is 0.356. The number of hydrogen-bond acceptors (Lipinski definition) is 6. The number of rotatable bonds is 5. The molecule has 1 aromatic heterocycles. The van der Waals surface area contributed by atoms with Crippen molar-refractivity contribution in [2.75, 3.05) is 12.9 Å². The summed E-state index contributed by atoms with van der Waals surface area (Å²) in [4.78, 5) is 30.2. The van der Waals surface area contributed by atoms with E-state index in [0.29, 0.717) is 27.5 Å². The molecule has 0 aliphatic heterocycles. The smallest absolute Gasteiger partial charge is 0.316 e. The number of ether oxygens (including phenoxy) is 2. The fourth-order valence-electron chi connectivity index (χ4n) is 2.89. The van der Waals surface area contributed by atoms with Crippen molar-refractivity contribution in [2.24, 2.45) is 0 Å². The van der Waals surface area contributed by atoms with Gasteiger partial charge in [0, 0.05) is 0 Å². The third kappa shape index (κ3) is 4.79. The van der Waals surface area contributed by atoms with Crippen molar-refractivity contribution in [3.8, 4) is 11.4 Å². The van der Waals surface area contributed by atoms with E-state index < -0.39 is 5.60 Å². The van der Waals surface area contributed by atoms with E-state index in [2.05, 4.69) is 4.98 Å². The number of aryl methyl sites for hydroxylation is 1. The van der Waals surface area contributed by atoms with Gasteiger partial charge in [-0.05, 0) is 57.5 Å². The molecule has 0 N–H and O–H groups in total. The Hall–Kier alpha value is -2.80. The maximum Gasteiger partial charge on any atom is 0.316 e. The highest BCUT2D eigenvalue weighted by molar-refractivity contribution is 7.99. The summed E-state index contributed by atoms with van der Waals surface area (Å²) in [5.41, 5.74) is 1.35. The van der Waals surface area contributed by atoms with E-state index >= 15 is 0 Å². The zero-order valence-electron chi connectivity index (χ0n) is 17.2. The molecule has 0 fully saturated rings. The maximum atomic E-state index is 13.3. The van der Waals surface area contributed by atoms with Gasteiger partial charge in [0.2, 0.25) is 0 Å². The zero-order valence-corrected chi connectivity index (χ0v) is 18.0. The van der Waals surface area contributed by atoms with E-state index in [1.165, 1.54) is 16.3 Å². The molecular weight excluding hydrogens is 388 g/mol. The van der Waals surface area contributed by atoms with E-state index in [-0.39, 0.29) is 17.3 Å². The normalized spacial score (nSPS) is 11.5. The predicted molar refractivity (Wildman–Crippen MR) is 115 cm³/mol. The minimum atomic E-state index is -0.576. The van der Waals surface area contributed by atoms with Crippen LogP contribution in [-0.4, -0.2) is 34.0 Å². The van der Waals surface area contributed by atoms with Crippen molar-refractivity contribution in [1.29, 1.82) is 0 Å². The lowest BCUT2D eigenvalue weighted by Gasteiger charge is -2.20. The molecule has 0 unspecified atom stereocenters. The van der Waals surface area contributed by atoms with Gasteiger partial charge in [-0.3, -0.25) is 14.2 Å². The van der Waals surface area contributed by atoms with Crippen LogP contribution in [0.2, 0.25) is 0 Å². The first kappa shape index (κ1) is 20.9. The number of carbonyl (C=O) groups excluding carboxylic acids is 1. The number of fused-ring (bicyclic) bond motifs is 1. The number of para-hydroxylation sites is 1. The van der Waals surface area contributed by atoms with Crippen molar-refractivity contribution >= 4 is 28.6 Å². The third-order valence-electron chi connectivity index (χ3n) is 4.06. The lowest BCUT2D eigenvalue weighted by atomic mass is 10.2. The van der Waals surface area contributed by atoms with Crippen molar-refractivity contribution in [3.63, 3.8) is 0 Å². The van der Waals surface area contributed by atoms with Gasteiger partial charge < -0.3 is 9.47 Å². The molecule has 0 saturated heterocycles. The number of carbonyl (C=O) groups is 1. The van der Waals surface area contributed by atoms with Gasteiger partial charge in [-0.2, -0.15) is 0 Å². The second-order valence-electron chi connectivity index (χ2n) is 7.60. The van der Waals surface area contributed by atoms with Crippen LogP contribution in [0.4, 0.5) is 0 Å². The Bertz CT molecular complexity index is 1120. The molecule has 152 valence electrons. The van der Waals surface area contributed by atoms with Gasteiger partial charge >= 0.3 is 5.97 Å². The van der Waals surface area contributed by atoms with Crippen molar-refractivity contribution < 1.29 is 14.3 Å². The van der Waals surface area contributed by atoms with E-state index in [1.54, 1.807) is 25.3 Å². The van der Waals surface area contributed by atoms with Crippen LogP contribution in [0, 0.1) is 6.92 Å². The average molecular weight is 413 g/mol. The molecule has 0 bridgehead atoms. The molecule has 7 heteroatoms. The lowest BCUT2D eigenvalue weighted by Crippen LogP contribution is -2.26. The summed E-state index contributed by atoms with van der Waals surface area (Å²) in [6.07, 6.45) is 0. The Morgan fingerprint density at radius 1 is 1.17 bits per heavy atom. The minimum Gasteiger partial charge on any atom is -0.495 e. The first-order valence-electron chi connectivity index (χ1n) is 9.21. The Labute approximate surface area is 173 Å². The van der Waals surface area contributed by atoms with Gasteiger partial charge in [0.25, 0.3) is 5.56 Å². The predicted octanol–water partition coefficient (Wildman–Crippen LogP) is 4.14. The van der Waals surface area contributed by atoms with Gasteiger partial charge in [-0.1, -0.05) is 30.0 Å². The molecule has 0 atom stereocenters. The van der Waals surface area contributed by atoms with Crippen LogP contribution in [0.5, 0.6) is 5.75 Å². The fourth-order valence-corrected chi connectivity index (χ4v) is 3.67. The summed E-state index contributed by atoms with van der Waals surface area (Å²) in [5.74, 6) is 0.220. The standard InChI is InChI=1S/C22H24N2O4S/c1-14-10-11-18(27-5)17(12-14)24-20(26)15-8-6-7-9-16(15)23-21(24)29-13-19(25)28-22(2,3)4/h6-12H,13H2,1-5H3. The molecule has 0 saturated carbocycles. The largest absolute Gasteiger partial charge is 0.495 e. The fraction of sp³-hybridized carbons (Fsp3) is 0.318. The molecule has 29 heavy (non-hydrogen) atoms. The summed E-state index contributed by atoms with van der Waals surface area (Å²) < 4.78 is 12.4. The Morgan fingerprint density at radius 3 is 2.59 bits per heavy atom. The van der Waals surface area contributed by atoms with Gasteiger partial charge in [-0.25, -0.2) is 4.98 Å². The number of hydrogen-bond donors (Lipinski definition) is 0. The second-order valence-corrected chi connectivity index (χ2v) is 8.55. The van der Waals surface area contributed by atoms with Gasteiger partial charge in [0.15, 0.2) is 5.16 Å². The molecule has 0 amide bonds. The summed E-state index contributed by atoms with van der Waals surface area (Å²) in [7, 11) is 1.56. The number of benzene rings is 2. The molecule has 0 radical (unpaired) electrons.